The van der Waals surface area contributed by atoms with Gasteiger partial charge in [0.15, 0.2) is 11.5 Å². The largest absolute Gasteiger partial charge is 0.493 e. The van der Waals surface area contributed by atoms with Crippen LogP contribution in [0, 0.1) is 0 Å². The van der Waals surface area contributed by atoms with Crippen LogP contribution in [0.4, 0.5) is 0 Å². The average molecular weight is 217 g/mol. The number of pyridine rings is 1. The third kappa shape index (κ3) is 1.81. The van der Waals surface area contributed by atoms with E-state index in [0.29, 0.717) is 0 Å². The van der Waals surface area contributed by atoms with Crippen molar-refractivity contribution < 1.29 is 9.47 Å². The van der Waals surface area contributed by atoms with Crippen LogP contribution in [0.5, 0.6) is 11.5 Å². The van der Waals surface area contributed by atoms with Crippen LogP contribution < -0.4 is 9.47 Å². The fourth-order valence-corrected chi connectivity index (χ4v) is 1.71. The van der Waals surface area contributed by atoms with E-state index in [1.165, 1.54) is 0 Å². The number of rotatable bonds is 3. The maximum absolute atomic E-state index is 5.27. The number of nitrogens with zero attached hydrogens (tertiary/aromatic N) is 1. The quantitative estimate of drug-likeness (QED) is 0.792. The van der Waals surface area contributed by atoms with Crippen LogP contribution in [0.3, 0.4) is 0 Å². The SMILES string of the molecule is CCc1cc2cc(OC)c(OC)cc2cn1. The van der Waals surface area contributed by atoms with Crippen molar-refractivity contribution in [2.75, 3.05) is 14.2 Å². The number of benzene rings is 1. The Morgan fingerprint density at radius 2 is 1.62 bits per heavy atom. The highest BCUT2D eigenvalue weighted by atomic mass is 16.5. The van der Waals surface area contributed by atoms with Crippen LogP contribution in [0.15, 0.2) is 24.4 Å². The lowest BCUT2D eigenvalue weighted by molar-refractivity contribution is 0.356. The Kier molecular flexibility index (Phi) is 2.95. The number of methoxy groups -OCH3 is 2. The Morgan fingerprint density at radius 3 is 2.19 bits per heavy atom. The number of hydrogen-bond donors (Lipinski definition) is 0. The summed E-state index contributed by atoms with van der Waals surface area (Å²) < 4.78 is 10.5. The van der Waals surface area contributed by atoms with Gasteiger partial charge in [-0.3, -0.25) is 4.98 Å². The van der Waals surface area contributed by atoms with Crippen molar-refractivity contribution in [3.63, 3.8) is 0 Å². The first kappa shape index (κ1) is 10.7. The van der Waals surface area contributed by atoms with Crippen molar-refractivity contribution in [1.82, 2.24) is 4.98 Å². The molecule has 2 rings (SSSR count). The molecule has 0 fully saturated rings. The molecule has 3 nitrogen and oxygen atoms in total. The lowest BCUT2D eigenvalue weighted by Gasteiger charge is -2.09. The van der Waals surface area contributed by atoms with Crippen LogP contribution in [0.25, 0.3) is 10.8 Å². The van der Waals surface area contributed by atoms with E-state index in [1.807, 2.05) is 18.3 Å². The topological polar surface area (TPSA) is 31.4 Å². The van der Waals surface area contributed by atoms with Crippen LogP contribution in [-0.2, 0) is 6.42 Å². The van der Waals surface area contributed by atoms with Crippen molar-refractivity contribution in [3.8, 4) is 11.5 Å². The molecule has 2 aromatic rings. The standard InChI is InChI=1S/C13H15NO2/c1-4-11-5-9-6-12(15-2)13(16-3)7-10(9)8-14-11/h5-8H,4H2,1-3H3. The summed E-state index contributed by atoms with van der Waals surface area (Å²) in [6.07, 6.45) is 2.81. The van der Waals surface area contributed by atoms with Gasteiger partial charge in [0.2, 0.25) is 0 Å². The van der Waals surface area contributed by atoms with Gasteiger partial charge in [-0.25, -0.2) is 0 Å². The third-order valence-electron chi connectivity index (χ3n) is 2.64. The molecule has 0 unspecified atom stereocenters. The molecule has 3 heteroatoms. The Bertz CT molecular complexity index is 509. The Balaban J connectivity index is 2.63. The summed E-state index contributed by atoms with van der Waals surface area (Å²) in [6.45, 7) is 2.09. The molecule has 0 aliphatic rings. The van der Waals surface area contributed by atoms with Gasteiger partial charge in [0.05, 0.1) is 14.2 Å². The lowest BCUT2D eigenvalue weighted by atomic mass is 10.1. The molecule has 0 saturated heterocycles. The first-order valence-electron chi connectivity index (χ1n) is 5.29. The summed E-state index contributed by atoms with van der Waals surface area (Å²) in [4.78, 5) is 4.36. The van der Waals surface area contributed by atoms with Gasteiger partial charge in [-0.15, -0.1) is 0 Å². The van der Waals surface area contributed by atoms with E-state index in [1.54, 1.807) is 14.2 Å². The summed E-state index contributed by atoms with van der Waals surface area (Å²) in [7, 11) is 3.28. The van der Waals surface area contributed by atoms with Gasteiger partial charge in [-0.2, -0.15) is 0 Å². The normalized spacial score (nSPS) is 10.4. The number of ether oxygens (including phenoxy) is 2. The summed E-state index contributed by atoms with van der Waals surface area (Å²) >= 11 is 0. The van der Waals surface area contributed by atoms with Crippen LogP contribution in [0.1, 0.15) is 12.6 Å². The second-order valence-corrected chi connectivity index (χ2v) is 3.58. The second-order valence-electron chi connectivity index (χ2n) is 3.58. The molecular weight excluding hydrogens is 202 g/mol. The van der Waals surface area contributed by atoms with E-state index in [9.17, 15) is 0 Å². The predicted molar refractivity (Wildman–Crippen MR) is 64.2 cm³/mol. The molecule has 0 saturated carbocycles. The van der Waals surface area contributed by atoms with E-state index >= 15 is 0 Å². The summed E-state index contributed by atoms with van der Waals surface area (Å²) in [6, 6.07) is 6.01. The van der Waals surface area contributed by atoms with Gasteiger partial charge < -0.3 is 9.47 Å². The molecule has 1 aromatic heterocycles. The summed E-state index contributed by atoms with van der Waals surface area (Å²) in [5.74, 6) is 1.49. The van der Waals surface area contributed by atoms with Crippen LogP contribution in [-0.4, -0.2) is 19.2 Å². The summed E-state index contributed by atoms with van der Waals surface area (Å²) in [5, 5.41) is 2.19. The first-order chi connectivity index (χ1) is 7.78. The maximum atomic E-state index is 5.27. The van der Waals surface area contributed by atoms with E-state index < -0.39 is 0 Å². The molecule has 84 valence electrons. The van der Waals surface area contributed by atoms with E-state index in [4.69, 9.17) is 9.47 Å². The Morgan fingerprint density at radius 1 is 1.00 bits per heavy atom. The van der Waals surface area contributed by atoms with Gasteiger partial charge >= 0.3 is 0 Å². The molecule has 0 N–H and O–H groups in total. The number of hydrogen-bond acceptors (Lipinski definition) is 3. The van der Waals surface area contributed by atoms with Crippen molar-refractivity contribution in [3.05, 3.63) is 30.1 Å². The fourth-order valence-electron chi connectivity index (χ4n) is 1.71. The molecule has 0 amide bonds. The fraction of sp³-hybridized carbons (Fsp3) is 0.308. The highest BCUT2D eigenvalue weighted by Crippen LogP contribution is 2.31. The third-order valence-corrected chi connectivity index (χ3v) is 2.64. The second kappa shape index (κ2) is 4.39. The van der Waals surface area contributed by atoms with Crippen molar-refractivity contribution in [1.29, 1.82) is 0 Å². The molecule has 0 spiro atoms. The molecule has 0 atom stereocenters. The van der Waals surface area contributed by atoms with Gasteiger partial charge in [-0.1, -0.05) is 6.92 Å². The molecule has 0 radical (unpaired) electrons. The molecule has 16 heavy (non-hydrogen) atoms. The van der Waals surface area contributed by atoms with Gasteiger partial charge in [0, 0.05) is 17.3 Å². The van der Waals surface area contributed by atoms with E-state index in [-0.39, 0.29) is 0 Å². The Hall–Kier alpha value is -1.77. The predicted octanol–water partition coefficient (Wildman–Crippen LogP) is 2.81. The zero-order chi connectivity index (χ0) is 11.5. The molecule has 0 aliphatic carbocycles. The molecule has 1 heterocycles. The minimum absolute atomic E-state index is 0.737. The van der Waals surface area contributed by atoms with Crippen molar-refractivity contribution in [2.45, 2.75) is 13.3 Å². The Labute approximate surface area is 95.0 Å². The number of aryl methyl sites for hydroxylation is 1. The summed E-state index contributed by atoms with van der Waals surface area (Å²) in [5.41, 5.74) is 1.08. The van der Waals surface area contributed by atoms with Gasteiger partial charge in [-0.05, 0) is 30.0 Å². The molecule has 0 aliphatic heterocycles. The first-order valence-corrected chi connectivity index (χ1v) is 5.29. The zero-order valence-electron chi connectivity index (χ0n) is 9.78. The van der Waals surface area contributed by atoms with Crippen molar-refractivity contribution >= 4 is 10.8 Å². The smallest absolute Gasteiger partial charge is 0.161 e. The minimum atomic E-state index is 0.737. The molecule has 1 aromatic carbocycles. The van der Waals surface area contributed by atoms with E-state index in [2.05, 4.69) is 18.0 Å². The zero-order valence-corrected chi connectivity index (χ0v) is 9.78. The van der Waals surface area contributed by atoms with Gasteiger partial charge in [0.25, 0.3) is 0 Å². The van der Waals surface area contributed by atoms with Crippen LogP contribution in [0.2, 0.25) is 0 Å². The highest BCUT2D eigenvalue weighted by molar-refractivity contribution is 5.85. The number of aromatic nitrogens is 1. The minimum Gasteiger partial charge on any atom is -0.493 e. The van der Waals surface area contributed by atoms with Crippen molar-refractivity contribution in [2.24, 2.45) is 0 Å². The highest BCUT2D eigenvalue weighted by Gasteiger charge is 2.06. The van der Waals surface area contributed by atoms with Gasteiger partial charge in [0.1, 0.15) is 0 Å². The lowest BCUT2D eigenvalue weighted by Crippen LogP contribution is -1.92. The monoisotopic (exact) mass is 217 g/mol. The number of fused-ring (bicyclic) bond motifs is 1. The average Bonchev–Trinajstić information content (AvgIpc) is 2.36. The maximum Gasteiger partial charge on any atom is 0.161 e. The van der Waals surface area contributed by atoms with Crippen LogP contribution >= 0.6 is 0 Å². The van der Waals surface area contributed by atoms with E-state index in [0.717, 1.165) is 34.4 Å². The molecule has 0 bridgehead atoms. The molecular formula is C13H15NO2.